The molecule has 1 unspecified atom stereocenters. The second kappa shape index (κ2) is 8.89. The van der Waals surface area contributed by atoms with Crippen LogP contribution in [0.3, 0.4) is 0 Å². The summed E-state index contributed by atoms with van der Waals surface area (Å²) in [5, 5.41) is 4.61. The first-order valence-electron chi connectivity index (χ1n) is 9.03. The van der Waals surface area contributed by atoms with Gasteiger partial charge in [-0.15, -0.1) is 0 Å². The van der Waals surface area contributed by atoms with E-state index in [4.69, 9.17) is 20.9 Å². The number of hydrogen-bond donors (Lipinski definition) is 0. The predicted octanol–water partition coefficient (Wildman–Crippen LogP) is 4.51. The Hall–Kier alpha value is -2.86. The number of carbonyl (C=O) groups is 1. The molecule has 0 aliphatic carbocycles. The van der Waals surface area contributed by atoms with Gasteiger partial charge in [0, 0.05) is 17.6 Å². The minimum absolute atomic E-state index is 0.142. The van der Waals surface area contributed by atoms with Crippen molar-refractivity contribution in [1.82, 2.24) is 15.0 Å². The molecule has 0 spiro atoms. The second-order valence-corrected chi connectivity index (χ2v) is 6.93. The number of hydrogen-bond acceptors (Lipinski definition) is 5. The van der Waals surface area contributed by atoms with Crippen molar-refractivity contribution in [2.75, 3.05) is 7.05 Å². The van der Waals surface area contributed by atoms with Gasteiger partial charge in [0.25, 0.3) is 5.91 Å². The number of aromatic nitrogens is 2. The standard InChI is InChI=1S/C21H22ClN3O3/c1-4-17(27-18-8-6-5-7-14(18)2)21(26)25(3)13-19-23-20(24-28-19)15-9-11-16(22)12-10-15/h5-12,17H,4,13H2,1-3H3. The lowest BCUT2D eigenvalue weighted by atomic mass is 10.2. The van der Waals surface area contributed by atoms with Crippen molar-refractivity contribution in [3.8, 4) is 17.1 Å². The largest absolute Gasteiger partial charge is 0.480 e. The number of nitrogens with zero attached hydrogens (tertiary/aromatic N) is 3. The second-order valence-electron chi connectivity index (χ2n) is 6.49. The lowest BCUT2D eigenvalue weighted by Crippen LogP contribution is -2.39. The van der Waals surface area contributed by atoms with Gasteiger partial charge in [0.05, 0.1) is 6.54 Å². The molecule has 0 saturated carbocycles. The van der Waals surface area contributed by atoms with Crippen molar-refractivity contribution < 1.29 is 14.1 Å². The van der Waals surface area contributed by atoms with Gasteiger partial charge in [0.1, 0.15) is 5.75 Å². The van der Waals surface area contributed by atoms with E-state index in [2.05, 4.69) is 10.1 Å². The number of amides is 1. The fraction of sp³-hybridized carbons (Fsp3) is 0.286. The predicted molar refractivity (Wildman–Crippen MR) is 107 cm³/mol. The van der Waals surface area contributed by atoms with Gasteiger partial charge in [-0.3, -0.25) is 4.79 Å². The molecule has 3 rings (SSSR count). The molecule has 0 aliphatic heterocycles. The van der Waals surface area contributed by atoms with Crippen LogP contribution in [-0.4, -0.2) is 34.1 Å². The maximum Gasteiger partial charge on any atom is 0.263 e. The summed E-state index contributed by atoms with van der Waals surface area (Å²) in [5.74, 6) is 1.37. The molecule has 0 saturated heterocycles. The number of likely N-dealkylation sites (N-methyl/N-ethyl adjacent to an activating group) is 1. The van der Waals surface area contributed by atoms with Crippen LogP contribution in [0.15, 0.2) is 53.1 Å². The molecule has 2 aromatic carbocycles. The summed E-state index contributed by atoms with van der Waals surface area (Å²) in [5.41, 5.74) is 1.78. The molecule has 0 aliphatic rings. The third-order valence-electron chi connectivity index (χ3n) is 4.33. The first kappa shape index (κ1) is 19.9. The third kappa shape index (κ3) is 4.70. The average molecular weight is 400 g/mol. The molecule has 1 aromatic heterocycles. The number of ether oxygens (including phenoxy) is 1. The minimum atomic E-state index is -0.579. The zero-order valence-corrected chi connectivity index (χ0v) is 16.8. The highest BCUT2D eigenvalue weighted by atomic mass is 35.5. The molecule has 7 heteroatoms. The van der Waals surface area contributed by atoms with E-state index in [1.165, 1.54) is 4.90 Å². The number of aryl methyl sites for hydroxylation is 1. The first-order valence-corrected chi connectivity index (χ1v) is 9.41. The van der Waals surface area contributed by atoms with E-state index >= 15 is 0 Å². The Morgan fingerprint density at radius 3 is 2.61 bits per heavy atom. The van der Waals surface area contributed by atoms with E-state index in [0.29, 0.717) is 28.9 Å². The van der Waals surface area contributed by atoms with E-state index in [1.807, 2.05) is 50.2 Å². The molecule has 3 aromatic rings. The third-order valence-corrected chi connectivity index (χ3v) is 4.58. The zero-order valence-electron chi connectivity index (χ0n) is 16.1. The average Bonchev–Trinajstić information content (AvgIpc) is 3.16. The topological polar surface area (TPSA) is 68.5 Å². The highest BCUT2D eigenvalue weighted by molar-refractivity contribution is 6.30. The Labute approximate surface area is 169 Å². The van der Waals surface area contributed by atoms with Crippen LogP contribution in [0.4, 0.5) is 0 Å². The van der Waals surface area contributed by atoms with Crippen LogP contribution in [0.1, 0.15) is 24.8 Å². The number of para-hydroxylation sites is 1. The van der Waals surface area contributed by atoms with Gasteiger partial charge in [0.2, 0.25) is 11.7 Å². The molecule has 6 nitrogen and oxygen atoms in total. The molecule has 1 amide bonds. The fourth-order valence-electron chi connectivity index (χ4n) is 2.71. The lowest BCUT2D eigenvalue weighted by Gasteiger charge is -2.23. The van der Waals surface area contributed by atoms with Crippen LogP contribution >= 0.6 is 11.6 Å². The van der Waals surface area contributed by atoms with Crippen molar-refractivity contribution in [3.63, 3.8) is 0 Å². The van der Waals surface area contributed by atoms with Gasteiger partial charge in [-0.05, 0) is 49.2 Å². The van der Waals surface area contributed by atoms with E-state index < -0.39 is 6.10 Å². The van der Waals surface area contributed by atoms with Crippen molar-refractivity contribution in [3.05, 3.63) is 65.0 Å². The van der Waals surface area contributed by atoms with Crippen molar-refractivity contribution >= 4 is 17.5 Å². The molecule has 0 radical (unpaired) electrons. The van der Waals surface area contributed by atoms with Crippen LogP contribution in [0.5, 0.6) is 5.75 Å². The highest BCUT2D eigenvalue weighted by Gasteiger charge is 2.24. The molecule has 0 N–H and O–H groups in total. The Morgan fingerprint density at radius 1 is 1.21 bits per heavy atom. The summed E-state index contributed by atoms with van der Waals surface area (Å²) in [6, 6.07) is 14.8. The maximum atomic E-state index is 12.8. The smallest absolute Gasteiger partial charge is 0.263 e. The van der Waals surface area contributed by atoms with Gasteiger partial charge in [-0.2, -0.15) is 4.98 Å². The SMILES string of the molecule is CCC(Oc1ccccc1C)C(=O)N(C)Cc1nc(-c2ccc(Cl)cc2)no1. The van der Waals surface area contributed by atoms with Gasteiger partial charge in [-0.25, -0.2) is 0 Å². The van der Waals surface area contributed by atoms with Crippen molar-refractivity contribution in [1.29, 1.82) is 0 Å². The molecule has 0 fully saturated rings. The summed E-state index contributed by atoms with van der Waals surface area (Å²) >= 11 is 5.90. The first-order chi connectivity index (χ1) is 13.5. The molecule has 1 atom stereocenters. The fourth-order valence-corrected chi connectivity index (χ4v) is 2.84. The lowest BCUT2D eigenvalue weighted by molar-refractivity contribution is -0.138. The number of halogens is 1. The van der Waals surface area contributed by atoms with Crippen LogP contribution in [0, 0.1) is 6.92 Å². The van der Waals surface area contributed by atoms with Crippen LogP contribution in [0.2, 0.25) is 5.02 Å². The molecule has 0 bridgehead atoms. The summed E-state index contributed by atoms with van der Waals surface area (Å²) in [6.45, 7) is 4.07. The molecule has 1 heterocycles. The van der Waals surface area contributed by atoms with E-state index in [9.17, 15) is 4.79 Å². The van der Waals surface area contributed by atoms with E-state index in [1.54, 1.807) is 19.2 Å². The van der Waals surface area contributed by atoms with Crippen LogP contribution < -0.4 is 4.74 Å². The quantitative estimate of drug-likeness (QED) is 0.584. The number of benzene rings is 2. The van der Waals surface area contributed by atoms with E-state index in [-0.39, 0.29) is 12.5 Å². The molecular weight excluding hydrogens is 378 g/mol. The molecular formula is C21H22ClN3O3. The summed E-state index contributed by atoms with van der Waals surface area (Å²) < 4.78 is 11.2. The van der Waals surface area contributed by atoms with Crippen molar-refractivity contribution in [2.45, 2.75) is 32.9 Å². The Bertz CT molecular complexity index is 940. The Morgan fingerprint density at radius 2 is 1.93 bits per heavy atom. The van der Waals surface area contributed by atoms with Gasteiger partial charge >= 0.3 is 0 Å². The Kier molecular flexibility index (Phi) is 6.31. The van der Waals surface area contributed by atoms with Gasteiger partial charge in [-0.1, -0.05) is 41.9 Å². The monoisotopic (exact) mass is 399 g/mol. The molecule has 28 heavy (non-hydrogen) atoms. The van der Waals surface area contributed by atoms with Crippen LogP contribution in [-0.2, 0) is 11.3 Å². The molecule has 146 valence electrons. The van der Waals surface area contributed by atoms with Gasteiger partial charge < -0.3 is 14.2 Å². The summed E-state index contributed by atoms with van der Waals surface area (Å²) in [6.07, 6.45) is -0.0260. The normalized spacial score (nSPS) is 11.9. The maximum absolute atomic E-state index is 12.8. The highest BCUT2D eigenvalue weighted by Crippen LogP contribution is 2.21. The van der Waals surface area contributed by atoms with Crippen molar-refractivity contribution in [2.24, 2.45) is 0 Å². The van der Waals surface area contributed by atoms with E-state index in [0.717, 1.165) is 11.1 Å². The summed E-state index contributed by atoms with van der Waals surface area (Å²) in [4.78, 5) is 18.7. The minimum Gasteiger partial charge on any atom is -0.480 e. The zero-order chi connectivity index (χ0) is 20.1. The van der Waals surface area contributed by atoms with Crippen LogP contribution in [0.25, 0.3) is 11.4 Å². The Balaban J connectivity index is 1.66. The number of rotatable bonds is 7. The van der Waals surface area contributed by atoms with Gasteiger partial charge in [0.15, 0.2) is 6.10 Å². The number of carbonyl (C=O) groups excluding carboxylic acids is 1. The summed E-state index contributed by atoms with van der Waals surface area (Å²) in [7, 11) is 1.69.